The van der Waals surface area contributed by atoms with Gasteiger partial charge in [0.25, 0.3) is 0 Å². The molecule has 2 atom stereocenters. The second-order valence-corrected chi connectivity index (χ2v) is 10.2. The third kappa shape index (κ3) is 2.43. The van der Waals surface area contributed by atoms with Crippen molar-refractivity contribution in [2.24, 2.45) is 11.8 Å². The second kappa shape index (κ2) is 2.66. The molecule has 1 aliphatic rings. The Labute approximate surface area is 64.5 Å². The highest BCUT2D eigenvalue weighted by atomic mass is 28.3. The molecule has 1 aliphatic carbocycles. The predicted molar refractivity (Wildman–Crippen MR) is 46.8 cm³/mol. The monoisotopic (exact) mass is 158 g/mol. The first-order valence-corrected chi connectivity index (χ1v) is 7.84. The summed E-state index contributed by atoms with van der Waals surface area (Å²) in [5.41, 5.74) is 0. The zero-order valence-corrected chi connectivity index (χ0v) is 8.22. The van der Waals surface area contributed by atoms with Gasteiger partial charge in [-0.15, -0.1) is 0 Å². The summed E-state index contributed by atoms with van der Waals surface area (Å²) in [6.07, 6.45) is 1.29. The molecule has 0 amide bonds. The van der Waals surface area contributed by atoms with Crippen molar-refractivity contribution in [1.82, 2.24) is 0 Å². The standard InChI is InChI=1S/C8H18OSi/c1-10(2,3)6-8-4-7(8)5-9/h7-9H,4-6H2,1-3H3/t7-,8-/m1/s1. The van der Waals surface area contributed by atoms with Crippen LogP contribution in [-0.2, 0) is 0 Å². The summed E-state index contributed by atoms with van der Waals surface area (Å²) in [5, 5.41) is 8.79. The molecule has 0 aromatic carbocycles. The minimum atomic E-state index is -0.827. The molecule has 2 heteroatoms. The molecule has 1 saturated carbocycles. The highest BCUT2D eigenvalue weighted by molar-refractivity contribution is 6.76. The molecule has 60 valence electrons. The normalized spacial score (nSPS) is 32.4. The Morgan fingerprint density at radius 1 is 1.30 bits per heavy atom. The smallest absolute Gasteiger partial charge is 0.0461 e. The van der Waals surface area contributed by atoms with Crippen LogP contribution in [0, 0.1) is 11.8 Å². The van der Waals surface area contributed by atoms with Crippen LogP contribution in [0.2, 0.25) is 25.7 Å². The van der Waals surface area contributed by atoms with Gasteiger partial charge in [0.05, 0.1) is 0 Å². The molecule has 0 spiro atoms. The highest BCUT2D eigenvalue weighted by Gasteiger charge is 2.38. The largest absolute Gasteiger partial charge is 0.396 e. The van der Waals surface area contributed by atoms with Crippen molar-refractivity contribution in [2.45, 2.75) is 32.1 Å². The van der Waals surface area contributed by atoms with Gasteiger partial charge in [-0.3, -0.25) is 0 Å². The lowest BCUT2D eigenvalue weighted by Gasteiger charge is -2.14. The van der Waals surface area contributed by atoms with Crippen molar-refractivity contribution in [3.05, 3.63) is 0 Å². The van der Waals surface area contributed by atoms with Crippen molar-refractivity contribution in [1.29, 1.82) is 0 Å². The average molecular weight is 158 g/mol. The lowest BCUT2D eigenvalue weighted by Crippen LogP contribution is -2.20. The van der Waals surface area contributed by atoms with Crippen LogP contribution in [-0.4, -0.2) is 19.8 Å². The lowest BCUT2D eigenvalue weighted by molar-refractivity contribution is 0.270. The van der Waals surface area contributed by atoms with E-state index in [0.29, 0.717) is 12.5 Å². The van der Waals surface area contributed by atoms with Crippen LogP contribution >= 0.6 is 0 Å². The lowest BCUT2D eigenvalue weighted by atomic mass is 10.4. The van der Waals surface area contributed by atoms with Gasteiger partial charge in [0.1, 0.15) is 0 Å². The zero-order chi connectivity index (χ0) is 7.78. The van der Waals surface area contributed by atoms with Crippen LogP contribution in [0.5, 0.6) is 0 Å². The molecule has 0 aromatic rings. The molecule has 0 aliphatic heterocycles. The molecular weight excluding hydrogens is 140 g/mol. The summed E-state index contributed by atoms with van der Waals surface area (Å²) in [7, 11) is -0.827. The molecule has 0 aromatic heterocycles. The Kier molecular flexibility index (Phi) is 2.20. The van der Waals surface area contributed by atoms with Gasteiger partial charge in [0, 0.05) is 14.7 Å². The fourth-order valence-electron chi connectivity index (χ4n) is 1.57. The predicted octanol–water partition coefficient (Wildman–Crippen LogP) is 1.95. The van der Waals surface area contributed by atoms with Crippen molar-refractivity contribution in [3.63, 3.8) is 0 Å². The Balaban J connectivity index is 2.18. The van der Waals surface area contributed by atoms with Crippen LogP contribution in [0.3, 0.4) is 0 Å². The van der Waals surface area contributed by atoms with E-state index in [4.69, 9.17) is 5.11 Å². The minimum absolute atomic E-state index is 0.426. The van der Waals surface area contributed by atoms with Crippen LogP contribution in [0.1, 0.15) is 6.42 Å². The van der Waals surface area contributed by atoms with E-state index in [9.17, 15) is 0 Å². The van der Waals surface area contributed by atoms with E-state index < -0.39 is 8.07 Å². The molecule has 0 heterocycles. The second-order valence-electron chi connectivity index (χ2n) is 4.70. The first-order chi connectivity index (χ1) is 4.53. The number of aliphatic hydroxyl groups is 1. The summed E-state index contributed by atoms with van der Waals surface area (Å²) < 4.78 is 0. The van der Waals surface area contributed by atoms with Gasteiger partial charge in [0.2, 0.25) is 0 Å². The van der Waals surface area contributed by atoms with E-state index in [1.165, 1.54) is 12.5 Å². The van der Waals surface area contributed by atoms with Gasteiger partial charge >= 0.3 is 0 Å². The Hall–Kier alpha value is 0.177. The van der Waals surface area contributed by atoms with Crippen molar-refractivity contribution in [2.75, 3.05) is 6.61 Å². The Morgan fingerprint density at radius 2 is 1.90 bits per heavy atom. The molecule has 0 unspecified atom stereocenters. The summed E-state index contributed by atoms with van der Waals surface area (Å²) in [4.78, 5) is 0. The number of rotatable bonds is 3. The van der Waals surface area contributed by atoms with Gasteiger partial charge in [-0.2, -0.15) is 0 Å². The molecule has 10 heavy (non-hydrogen) atoms. The number of aliphatic hydroxyl groups excluding tert-OH is 1. The maximum atomic E-state index is 8.79. The maximum absolute atomic E-state index is 8.79. The van der Waals surface area contributed by atoms with E-state index in [0.717, 1.165) is 5.92 Å². The van der Waals surface area contributed by atoms with E-state index in [-0.39, 0.29) is 0 Å². The van der Waals surface area contributed by atoms with E-state index >= 15 is 0 Å². The Bertz CT molecular complexity index is 117. The Morgan fingerprint density at radius 3 is 2.20 bits per heavy atom. The first-order valence-electron chi connectivity index (χ1n) is 4.14. The maximum Gasteiger partial charge on any atom is 0.0461 e. The molecule has 1 rings (SSSR count). The van der Waals surface area contributed by atoms with Crippen molar-refractivity contribution in [3.8, 4) is 0 Å². The highest BCUT2D eigenvalue weighted by Crippen LogP contribution is 2.43. The summed E-state index contributed by atoms with van der Waals surface area (Å²) in [6, 6.07) is 1.41. The van der Waals surface area contributed by atoms with Crippen LogP contribution in [0.25, 0.3) is 0 Å². The fraction of sp³-hybridized carbons (Fsp3) is 1.00. The van der Waals surface area contributed by atoms with Crippen molar-refractivity contribution < 1.29 is 5.11 Å². The van der Waals surface area contributed by atoms with Gasteiger partial charge in [0.15, 0.2) is 0 Å². The fourth-order valence-corrected chi connectivity index (χ4v) is 3.64. The van der Waals surface area contributed by atoms with Gasteiger partial charge in [-0.05, 0) is 18.3 Å². The number of hydrogen-bond donors (Lipinski definition) is 1. The van der Waals surface area contributed by atoms with Crippen LogP contribution in [0.4, 0.5) is 0 Å². The SMILES string of the molecule is C[Si](C)(C)C[C@H]1C[C@@H]1CO. The third-order valence-corrected chi connectivity index (χ3v) is 3.93. The van der Waals surface area contributed by atoms with Gasteiger partial charge in [-0.1, -0.05) is 25.7 Å². The van der Waals surface area contributed by atoms with Crippen LogP contribution < -0.4 is 0 Å². The van der Waals surface area contributed by atoms with E-state index in [1.54, 1.807) is 0 Å². The van der Waals surface area contributed by atoms with Gasteiger partial charge < -0.3 is 5.11 Å². The molecule has 1 N–H and O–H groups in total. The molecule has 1 nitrogen and oxygen atoms in total. The number of hydrogen-bond acceptors (Lipinski definition) is 1. The topological polar surface area (TPSA) is 20.2 Å². The van der Waals surface area contributed by atoms with Crippen LogP contribution in [0.15, 0.2) is 0 Å². The molecule has 0 bridgehead atoms. The quantitative estimate of drug-likeness (QED) is 0.622. The molecule has 0 radical (unpaired) electrons. The van der Waals surface area contributed by atoms with Gasteiger partial charge in [-0.25, -0.2) is 0 Å². The minimum Gasteiger partial charge on any atom is -0.396 e. The first kappa shape index (κ1) is 8.28. The average Bonchev–Trinajstić information content (AvgIpc) is 2.42. The molecular formula is C8H18OSi. The van der Waals surface area contributed by atoms with E-state index in [2.05, 4.69) is 19.6 Å². The summed E-state index contributed by atoms with van der Waals surface area (Å²) in [5.74, 6) is 1.56. The molecule has 0 saturated heterocycles. The zero-order valence-electron chi connectivity index (χ0n) is 7.22. The summed E-state index contributed by atoms with van der Waals surface area (Å²) in [6.45, 7) is 7.63. The summed E-state index contributed by atoms with van der Waals surface area (Å²) >= 11 is 0. The third-order valence-electron chi connectivity index (χ3n) is 2.18. The molecule has 1 fully saturated rings. The van der Waals surface area contributed by atoms with E-state index in [1.807, 2.05) is 0 Å². The van der Waals surface area contributed by atoms with Crippen molar-refractivity contribution >= 4 is 8.07 Å².